The molecule has 5 heteroatoms. The van der Waals surface area contributed by atoms with Gasteiger partial charge in [0, 0.05) is 28.9 Å². The Hall–Kier alpha value is -0.900. The van der Waals surface area contributed by atoms with Crippen molar-refractivity contribution in [3.8, 4) is 0 Å². The Morgan fingerprint density at radius 1 is 1.50 bits per heavy atom. The molecule has 2 nitrogen and oxygen atoms in total. The number of aromatic nitrogens is 2. The van der Waals surface area contributed by atoms with Crippen LogP contribution in [0.3, 0.4) is 0 Å². The molecule has 3 rings (SSSR count). The van der Waals surface area contributed by atoms with Crippen molar-refractivity contribution in [1.82, 2.24) is 9.55 Å². The fourth-order valence-corrected chi connectivity index (χ4v) is 4.97. The molecule has 0 radical (unpaired) electrons. The lowest BCUT2D eigenvalue weighted by Gasteiger charge is -2.31. The smallest absolute Gasteiger partial charge is 0.0946 e. The number of hydrogen-bond donors (Lipinski definition) is 0. The minimum Gasteiger partial charge on any atom is -0.336 e. The summed E-state index contributed by atoms with van der Waals surface area (Å²) in [4.78, 5) is 5.27. The molecule has 1 aromatic heterocycles. The molecular weight excluding hydrogens is 311 g/mol. The molecule has 0 amide bonds. The van der Waals surface area contributed by atoms with Gasteiger partial charge >= 0.3 is 0 Å². The van der Waals surface area contributed by atoms with Crippen LogP contribution in [-0.4, -0.2) is 14.3 Å². The minimum atomic E-state index is -0.142. The highest BCUT2D eigenvalue weighted by Crippen LogP contribution is 2.58. The lowest BCUT2D eigenvalue weighted by molar-refractivity contribution is 0.489. The first-order chi connectivity index (χ1) is 9.64. The molecule has 104 valence electrons. The first-order valence-corrected chi connectivity index (χ1v) is 7.97. The van der Waals surface area contributed by atoms with Crippen LogP contribution in [0.15, 0.2) is 54.5 Å². The summed E-state index contributed by atoms with van der Waals surface area (Å²) in [7, 11) is 0. The van der Waals surface area contributed by atoms with Gasteiger partial charge < -0.3 is 4.57 Å². The third-order valence-corrected chi connectivity index (χ3v) is 6.05. The third kappa shape index (κ3) is 2.39. The average molecular weight is 325 g/mol. The highest BCUT2D eigenvalue weighted by molar-refractivity contribution is 8.01. The molecule has 2 heterocycles. The maximum Gasteiger partial charge on any atom is 0.0946 e. The highest BCUT2D eigenvalue weighted by Gasteiger charge is 2.45. The average Bonchev–Trinajstić information content (AvgIpc) is 2.99. The molecule has 0 saturated carbocycles. The fraction of sp³-hybridized carbons (Fsp3) is 0.267. The minimum absolute atomic E-state index is 0.0693. The summed E-state index contributed by atoms with van der Waals surface area (Å²) in [5, 5.41) is 0.678. The second-order valence-electron chi connectivity index (χ2n) is 4.94. The Balaban J connectivity index is 1.98. The van der Waals surface area contributed by atoms with E-state index in [0.29, 0.717) is 0 Å². The molecule has 20 heavy (non-hydrogen) atoms. The summed E-state index contributed by atoms with van der Waals surface area (Å²) in [6.07, 6.45) is 8.34. The van der Waals surface area contributed by atoms with E-state index >= 15 is 0 Å². The normalized spacial score (nSPS) is 24.6. The SMILES string of the molecule is C=CCC1(Cn2ccnc2)Sc2cc(Cl)ccc2C1Cl. The summed E-state index contributed by atoms with van der Waals surface area (Å²) in [5.41, 5.74) is 1.16. The molecule has 0 aliphatic carbocycles. The number of nitrogens with zero attached hydrogens (tertiary/aromatic N) is 2. The lowest BCUT2D eigenvalue weighted by Crippen LogP contribution is -2.31. The number of hydrogen-bond acceptors (Lipinski definition) is 2. The molecule has 2 aromatic rings. The summed E-state index contributed by atoms with van der Waals surface area (Å²) in [5.74, 6) is 0. The van der Waals surface area contributed by atoms with Gasteiger partial charge in [0.15, 0.2) is 0 Å². The van der Waals surface area contributed by atoms with Crippen molar-refractivity contribution in [1.29, 1.82) is 0 Å². The monoisotopic (exact) mass is 324 g/mol. The number of rotatable bonds is 4. The van der Waals surface area contributed by atoms with E-state index in [1.807, 2.05) is 36.8 Å². The molecule has 0 spiro atoms. The van der Waals surface area contributed by atoms with E-state index in [4.69, 9.17) is 23.2 Å². The van der Waals surface area contributed by atoms with Gasteiger partial charge in [0.05, 0.1) is 16.5 Å². The van der Waals surface area contributed by atoms with Gasteiger partial charge in [0.1, 0.15) is 0 Å². The Kier molecular flexibility index (Phi) is 3.85. The van der Waals surface area contributed by atoms with Crippen LogP contribution in [0.25, 0.3) is 0 Å². The maximum absolute atomic E-state index is 6.77. The summed E-state index contributed by atoms with van der Waals surface area (Å²) in [6.45, 7) is 4.69. The number of fused-ring (bicyclic) bond motifs is 1. The second-order valence-corrected chi connectivity index (χ2v) is 7.27. The molecule has 2 unspecified atom stereocenters. The van der Waals surface area contributed by atoms with Gasteiger partial charge in [-0.05, 0) is 24.1 Å². The van der Waals surface area contributed by atoms with Crippen LogP contribution < -0.4 is 0 Å². The molecule has 0 bridgehead atoms. The standard InChI is InChI=1S/C15H14Cl2N2S/c1-2-5-15(9-19-7-6-18-10-19)14(17)12-4-3-11(16)8-13(12)20-15/h2-4,6-8,10,14H,1,5,9H2. The maximum atomic E-state index is 6.77. The van der Waals surface area contributed by atoms with Crippen molar-refractivity contribution in [3.63, 3.8) is 0 Å². The van der Waals surface area contributed by atoms with Crippen LogP contribution in [0.1, 0.15) is 17.4 Å². The van der Waals surface area contributed by atoms with E-state index in [2.05, 4.69) is 16.1 Å². The van der Waals surface area contributed by atoms with Gasteiger partial charge in [-0.2, -0.15) is 0 Å². The van der Waals surface area contributed by atoms with Crippen LogP contribution >= 0.6 is 35.0 Å². The molecule has 0 fully saturated rings. The first-order valence-electron chi connectivity index (χ1n) is 6.34. The Labute approximate surface area is 132 Å². The molecule has 1 aliphatic rings. The van der Waals surface area contributed by atoms with Gasteiger partial charge in [0.2, 0.25) is 0 Å². The second kappa shape index (κ2) is 5.47. The van der Waals surface area contributed by atoms with E-state index < -0.39 is 0 Å². The van der Waals surface area contributed by atoms with Crippen molar-refractivity contribution >= 4 is 35.0 Å². The number of alkyl halides is 1. The predicted molar refractivity (Wildman–Crippen MR) is 85.7 cm³/mol. The molecule has 1 aromatic carbocycles. The van der Waals surface area contributed by atoms with Gasteiger partial charge in [-0.3, -0.25) is 0 Å². The number of halogens is 2. The quantitative estimate of drug-likeness (QED) is 0.585. The largest absolute Gasteiger partial charge is 0.336 e. The van der Waals surface area contributed by atoms with Crippen LogP contribution in [-0.2, 0) is 6.54 Å². The van der Waals surface area contributed by atoms with Gasteiger partial charge in [-0.25, -0.2) is 4.98 Å². The Morgan fingerprint density at radius 3 is 3.05 bits per heavy atom. The molecule has 0 saturated heterocycles. The van der Waals surface area contributed by atoms with Crippen molar-refractivity contribution < 1.29 is 0 Å². The van der Waals surface area contributed by atoms with Crippen molar-refractivity contribution in [2.24, 2.45) is 0 Å². The van der Waals surface area contributed by atoms with E-state index in [1.165, 1.54) is 4.90 Å². The van der Waals surface area contributed by atoms with Gasteiger partial charge in [0.25, 0.3) is 0 Å². The number of thioether (sulfide) groups is 1. The highest BCUT2D eigenvalue weighted by atomic mass is 35.5. The Bertz CT molecular complexity index is 627. The molecule has 0 N–H and O–H groups in total. The summed E-state index contributed by atoms with van der Waals surface area (Å²) in [6, 6.07) is 5.92. The third-order valence-electron chi connectivity index (χ3n) is 3.52. The zero-order valence-electron chi connectivity index (χ0n) is 10.8. The first kappa shape index (κ1) is 14.1. The van der Waals surface area contributed by atoms with Crippen LogP contribution in [0, 0.1) is 0 Å². The molecular formula is C15H14Cl2N2S. The lowest BCUT2D eigenvalue weighted by atomic mass is 9.95. The molecule has 2 atom stereocenters. The number of imidazole rings is 1. The van der Waals surface area contributed by atoms with E-state index in [-0.39, 0.29) is 10.1 Å². The topological polar surface area (TPSA) is 17.8 Å². The van der Waals surface area contributed by atoms with Gasteiger partial charge in [-0.1, -0.05) is 23.7 Å². The van der Waals surface area contributed by atoms with Crippen molar-refractivity contribution in [2.75, 3.05) is 0 Å². The summed E-state index contributed by atoms with van der Waals surface area (Å²) < 4.78 is 1.93. The predicted octanol–water partition coefficient (Wildman–Crippen LogP) is 4.94. The van der Waals surface area contributed by atoms with E-state index in [1.54, 1.807) is 18.0 Å². The van der Waals surface area contributed by atoms with Crippen LogP contribution in [0.2, 0.25) is 5.02 Å². The van der Waals surface area contributed by atoms with Gasteiger partial charge in [-0.15, -0.1) is 29.9 Å². The summed E-state index contributed by atoms with van der Waals surface area (Å²) >= 11 is 14.7. The van der Waals surface area contributed by atoms with E-state index in [0.717, 1.165) is 23.6 Å². The van der Waals surface area contributed by atoms with Crippen molar-refractivity contribution in [2.45, 2.75) is 28.0 Å². The fourth-order valence-electron chi connectivity index (χ4n) is 2.62. The van der Waals surface area contributed by atoms with Crippen molar-refractivity contribution in [3.05, 3.63) is 60.2 Å². The zero-order chi connectivity index (χ0) is 14.2. The van der Waals surface area contributed by atoms with Crippen LogP contribution in [0.5, 0.6) is 0 Å². The zero-order valence-corrected chi connectivity index (χ0v) is 13.1. The molecule has 1 aliphatic heterocycles. The Morgan fingerprint density at radius 2 is 2.35 bits per heavy atom. The van der Waals surface area contributed by atoms with Crippen LogP contribution in [0.4, 0.5) is 0 Å². The number of allylic oxidation sites excluding steroid dienone is 1. The van der Waals surface area contributed by atoms with E-state index in [9.17, 15) is 0 Å². The number of benzene rings is 1.